The fraction of sp³-hybridized carbons (Fsp3) is 0.400. The number of anilines is 1. The summed E-state index contributed by atoms with van der Waals surface area (Å²) in [7, 11) is 0. The van der Waals surface area contributed by atoms with Crippen molar-refractivity contribution in [2.24, 2.45) is 16.8 Å². The predicted octanol–water partition coefficient (Wildman–Crippen LogP) is 4.65. The van der Waals surface area contributed by atoms with Crippen LogP contribution in [0.1, 0.15) is 56.2 Å². The van der Waals surface area contributed by atoms with Crippen LogP contribution >= 0.6 is 23.2 Å². The van der Waals surface area contributed by atoms with E-state index in [1.165, 1.54) is 5.56 Å². The third-order valence-electron chi connectivity index (χ3n) is 6.35. The number of nitrogens with two attached hydrogens (primary N) is 1. The van der Waals surface area contributed by atoms with Crippen molar-refractivity contribution in [3.8, 4) is 0 Å². The second-order valence-corrected chi connectivity index (χ2v) is 10.1. The molecule has 2 amide bonds. The molecule has 0 radical (unpaired) electrons. The van der Waals surface area contributed by atoms with Gasteiger partial charge in [-0.2, -0.15) is 5.10 Å². The standard InChI is InChI=1S/C25H29Cl2N5O2/c1-15(2)17-3-5-18(6-4-17)23-13-21(29-32(23)22-8-7-19(26)12-20(22)27)25(34)30-31-10-9-16(14-31)11-24(28)33/h3-8,12,15-16,23H,9-11,13-14H2,1-2H3,(H2,28,33)(H,30,34). The van der Waals surface area contributed by atoms with E-state index in [0.717, 1.165) is 12.0 Å². The molecule has 2 unspecified atom stereocenters. The minimum atomic E-state index is -0.319. The number of rotatable bonds is 7. The Kier molecular flexibility index (Phi) is 7.45. The zero-order valence-electron chi connectivity index (χ0n) is 19.3. The number of carbonyl (C=O) groups is 2. The average molecular weight is 502 g/mol. The maximum Gasteiger partial charge on any atom is 0.281 e. The number of hydrazine groups is 1. The van der Waals surface area contributed by atoms with Crippen LogP contribution in [-0.4, -0.2) is 35.6 Å². The summed E-state index contributed by atoms with van der Waals surface area (Å²) in [6.45, 7) is 5.57. The number of hydrogen-bond donors (Lipinski definition) is 2. The van der Waals surface area contributed by atoms with Crippen LogP contribution in [0.4, 0.5) is 5.69 Å². The van der Waals surface area contributed by atoms with Crippen molar-refractivity contribution in [2.45, 2.75) is 45.1 Å². The summed E-state index contributed by atoms with van der Waals surface area (Å²) in [5, 5.41) is 9.33. The lowest BCUT2D eigenvalue weighted by Crippen LogP contribution is -2.43. The summed E-state index contributed by atoms with van der Waals surface area (Å²) in [5.41, 5.74) is 11.7. The van der Waals surface area contributed by atoms with E-state index in [-0.39, 0.29) is 23.8 Å². The quantitative estimate of drug-likeness (QED) is 0.577. The zero-order valence-corrected chi connectivity index (χ0v) is 20.8. The van der Waals surface area contributed by atoms with E-state index in [1.807, 2.05) is 11.1 Å². The van der Waals surface area contributed by atoms with Crippen LogP contribution in [0.15, 0.2) is 47.6 Å². The molecular weight excluding hydrogens is 473 g/mol. The van der Waals surface area contributed by atoms with Crippen molar-refractivity contribution in [1.82, 2.24) is 10.4 Å². The molecule has 0 aliphatic carbocycles. The van der Waals surface area contributed by atoms with Crippen LogP contribution in [0.3, 0.4) is 0 Å². The lowest BCUT2D eigenvalue weighted by molar-refractivity contribution is -0.119. The van der Waals surface area contributed by atoms with Gasteiger partial charge in [0.15, 0.2) is 0 Å². The van der Waals surface area contributed by atoms with Gasteiger partial charge < -0.3 is 5.73 Å². The second-order valence-electron chi connectivity index (χ2n) is 9.24. The molecule has 2 aliphatic heterocycles. The molecule has 1 saturated heterocycles. The predicted molar refractivity (Wildman–Crippen MR) is 136 cm³/mol. The van der Waals surface area contributed by atoms with E-state index < -0.39 is 0 Å². The first-order chi connectivity index (χ1) is 16.2. The fourth-order valence-corrected chi connectivity index (χ4v) is 4.99. The maximum absolute atomic E-state index is 13.1. The van der Waals surface area contributed by atoms with Gasteiger partial charge in [0.05, 0.1) is 16.8 Å². The molecule has 3 N–H and O–H groups in total. The van der Waals surface area contributed by atoms with Gasteiger partial charge in [-0.25, -0.2) is 5.01 Å². The number of halogens is 2. The second kappa shape index (κ2) is 10.3. The van der Waals surface area contributed by atoms with Crippen LogP contribution in [0.25, 0.3) is 0 Å². The van der Waals surface area contributed by atoms with Gasteiger partial charge in [-0.3, -0.25) is 20.0 Å². The monoisotopic (exact) mass is 501 g/mol. The van der Waals surface area contributed by atoms with Gasteiger partial charge in [0.2, 0.25) is 5.91 Å². The number of primary amides is 1. The van der Waals surface area contributed by atoms with Gasteiger partial charge in [0, 0.05) is 31.0 Å². The number of benzene rings is 2. The first-order valence-electron chi connectivity index (χ1n) is 11.5. The third kappa shape index (κ3) is 5.54. The Labute approximate surface area is 209 Å². The number of nitrogens with zero attached hydrogens (tertiary/aromatic N) is 3. The highest BCUT2D eigenvalue weighted by molar-refractivity contribution is 6.40. The lowest BCUT2D eigenvalue weighted by atomic mass is 9.96. The summed E-state index contributed by atoms with van der Waals surface area (Å²) < 4.78 is 0. The Balaban J connectivity index is 1.56. The Morgan fingerprint density at radius 3 is 2.56 bits per heavy atom. The first kappa shape index (κ1) is 24.5. The van der Waals surface area contributed by atoms with Crippen molar-refractivity contribution >= 4 is 46.4 Å². The van der Waals surface area contributed by atoms with Gasteiger partial charge in [-0.1, -0.05) is 61.3 Å². The smallest absolute Gasteiger partial charge is 0.281 e. The van der Waals surface area contributed by atoms with Gasteiger partial charge >= 0.3 is 0 Å². The topological polar surface area (TPSA) is 91.0 Å². The minimum Gasteiger partial charge on any atom is -0.370 e. The normalized spacial score (nSPS) is 20.6. The first-order valence-corrected chi connectivity index (χ1v) is 12.2. The molecule has 2 atom stereocenters. The molecule has 0 bridgehead atoms. The van der Waals surface area contributed by atoms with E-state index in [9.17, 15) is 9.59 Å². The molecule has 2 aliphatic rings. The molecule has 0 saturated carbocycles. The largest absolute Gasteiger partial charge is 0.370 e. The molecule has 180 valence electrons. The average Bonchev–Trinajstić information content (AvgIpc) is 3.40. The highest BCUT2D eigenvalue weighted by atomic mass is 35.5. The number of amides is 2. The van der Waals surface area contributed by atoms with Gasteiger partial charge in [-0.05, 0) is 47.6 Å². The molecule has 4 rings (SSSR count). The molecule has 2 aromatic carbocycles. The number of carbonyl (C=O) groups excluding carboxylic acids is 2. The molecule has 1 fully saturated rings. The van der Waals surface area contributed by atoms with E-state index in [2.05, 4.69) is 48.6 Å². The number of hydrazone groups is 1. The van der Waals surface area contributed by atoms with Crippen molar-refractivity contribution in [2.75, 3.05) is 18.1 Å². The summed E-state index contributed by atoms with van der Waals surface area (Å²) in [6, 6.07) is 13.5. The zero-order chi connectivity index (χ0) is 24.4. The Bertz CT molecular complexity index is 1100. The van der Waals surface area contributed by atoms with Crippen molar-refractivity contribution in [3.05, 3.63) is 63.6 Å². The Morgan fingerprint density at radius 2 is 1.91 bits per heavy atom. The van der Waals surface area contributed by atoms with Crippen molar-refractivity contribution < 1.29 is 9.59 Å². The van der Waals surface area contributed by atoms with Crippen LogP contribution in [0, 0.1) is 5.92 Å². The SMILES string of the molecule is CC(C)c1ccc(C2CC(C(=O)NN3CCC(CC(N)=O)C3)=NN2c2ccc(Cl)cc2Cl)cc1. The summed E-state index contributed by atoms with van der Waals surface area (Å²) in [6.07, 6.45) is 1.57. The van der Waals surface area contributed by atoms with Crippen LogP contribution in [-0.2, 0) is 9.59 Å². The van der Waals surface area contributed by atoms with Gasteiger partial charge in [0.1, 0.15) is 5.71 Å². The van der Waals surface area contributed by atoms with Crippen molar-refractivity contribution in [1.29, 1.82) is 0 Å². The van der Waals surface area contributed by atoms with Crippen LogP contribution < -0.4 is 16.2 Å². The summed E-state index contributed by atoms with van der Waals surface area (Å²) in [5.74, 6) is 0.00654. The summed E-state index contributed by atoms with van der Waals surface area (Å²) in [4.78, 5) is 24.3. The van der Waals surface area contributed by atoms with Gasteiger partial charge in [0.25, 0.3) is 5.91 Å². The van der Waals surface area contributed by atoms with Crippen molar-refractivity contribution in [3.63, 3.8) is 0 Å². The lowest BCUT2D eigenvalue weighted by Gasteiger charge is -2.25. The molecule has 0 aromatic heterocycles. The molecule has 34 heavy (non-hydrogen) atoms. The Morgan fingerprint density at radius 1 is 1.18 bits per heavy atom. The van der Waals surface area contributed by atoms with Crippen LogP contribution in [0.5, 0.6) is 0 Å². The van der Waals surface area contributed by atoms with Crippen LogP contribution in [0.2, 0.25) is 10.0 Å². The fourth-order valence-electron chi connectivity index (χ4n) is 4.49. The van der Waals surface area contributed by atoms with E-state index in [0.29, 0.717) is 53.3 Å². The Hall–Kier alpha value is -2.61. The molecule has 9 heteroatoms. The third-order valence-corrected chi connectivity index (χ3v) is 6.89. The highest BCUT2D eigenvalue weighted by Crippen LogP contribution is 2.40. The molecule has 7 nitrogen and oxygen atoms in total. The maximum atomic E-state index is 13.1. The van der Waals surface area contributed by atoms with Gasteiger partial charge in [-0.15, -0.1) is 0 Å². The molecule has 2 heterocycles. The molecule has 0 spiro atoms. The molecule has 2 aromatic rings. The minimum absolute atomic E-state index is 0.153. The van der Waals surface area contributed by atoms with E-state index >= 15 is 0 Å². The number of hydrogen-bond acceptors (Lipinski definition) is 5. The highest BCUT2D eigenvalue weighted by Gasteiger charge is 2.35. The number of nitrogens with one attached hydrogen (secondary N) is 1. The van der Waals surface area contributed by atoms with E-state index in [4.69, 9.17) is 28.9 Å². The van der Waals surface area contributed by atoms with E-state index in [1.54, 1.807) is 17.1 Å². The summed E-state index contributed by atoms with van der Waals surface area (Å²) >= 11 is 12.6. The molecular formula is C25H29Cl2N5O2.